The molecule has 2 amide bonds. The van der Waals surface area contributed by atoms with Gasteiger partial charge < -0.3 is 20.3 Å². The third-order valence-electron chi connectivity index (χ3n) is 4.44. The largest absolute Gasteiger partial charge is 0.494 e. The predicted molar refractivity (Wildman–Crippen MR) is 114 cm³/mol. The van der Waals surface area contributed by atoms with Crippen molar-refractivity contribution < 1.29 is 14.3 Å². The molecular weight excluding hydrogens is 354 g/mol. The fourth-order valence-corrected chi connectivity index (χ4v) is 2.75. The number of nitrogens with one attached hydrogen (secondary N) is 2. The molecule has 28 heavy (non-hydrogen) atoms. The number of amides is 2. The normalized spacial score (nSPS) is 11.9. The number of benzene rings is 1. The Kier molecular flexibility index (Phi) is 12.0. The molecule has 0 aliphatic carbocycles. The molecule has 1 aromatic rings. The SMILES string of the molecule is CCCCCCOc1ccc(C(=O)N[C@@H](CCC)C(=O)NCCN(C)C)cc1. The second-order valence-electron chi connectivity index (χ2n) is 7.34. The molecule has 0 fully saturated rings. The lowest BCUT2D eigenvalue weighted by atomic mass is 10.1. The summed E-state index contributed by atoms with van der Waals surface area (Å²) < 4.78 is 5.71. The lowest BCUT2D eigenvalue weighted by molar-refractivity contribution is -0.123. The van der Waals surface area contributed by atoms with Crippen molar-refractivity contribution in [2.24, 2.45) is 0 Å². The summed E-state index contributed by atoms with van der Waals surface area (Å²) in [6, 6.07) is 6.57. The summed E-state index contributed by atoms with van der Waals surface area (Å²) >= 11 is 0. The summed E-state index contributed by atoms with van der Waals surface area (Å²) in [6.45, 7) is 6.20. The fourth-order valence-electron chi connectivity index (χ4n) is 2.75. The minimum absolute atomic E-state index is 0.135. The molecule has 1 aromatic carbocycles. The average Bonchev–Trinajstić information content (AvgIpc) is 2.67. The van der Waals surface area contributed by atoms with E-state index in [-0.39, 0.29) is 11.8 Å². The molecule has 0 bridgehead atoms. The van der Waals surface area contributed by atoms with Crippen LogP contribution in [0.25, 0.3) is 0 Å². The Bertz CT molecular complexity index is 573. The summed E-state index contributed by atoms with van der Waals surface area (Å²) in [5.41, 5.74) is 0.528. The van der Waals surface area contributed by atoms with Crippen molar-refractivity contribution in [2.45, 2.75) is 58.4 Å². The number of unbranched alkanes of at least 4 members (excludes halogenated alkanes) is 3. The quantitative estimate of drug-likeness (QED) is 0.478. The van der Waals surface area contributed by atoms with Crippen LogP contribution in [-0.2, 0) is 4.79 Å². The Hall–Kier alpha value is -2.08. The highest BCUT2D eigenvalue weighted by Gasteiger charge is 2.20. The van der Waals surface area contributed by atoms with E-state index in [1.807, 2.05) is 25.9 Å². The maximum Gasteiger partial charge on any atom is 0.251 e. The number of likely N-dealkylation sites (N-methyl/N-ethyl adjacent to an activating group) is 1. The molecule has 0 unspecified atom stereocenters. The van der Waals surface area contributed by atoms with Crippen molar-refractivity contribution in [3.8, 4) is 5.75 Å². The Morgan fingerprint density at radius 3 is 2.36 bits per heavy atom. The summed E-state index contributed by atoms with van der Waals surface area (Å²) in [6.07, 6.45) is 6.07. The molecule has 0 heterocycles. The van der Waals surface area contributed by atoms with E-state index >= 15 is 0 Å². The van der Waals surface area contributed by atoms with Gasteiger partial charge in [0.25, 0.3) is 5.91 Å². The maximum absolute atomic E-state index is 12.5. The van der Waals surface area contributed by atoms with Gasteiger partial charge >= 0.3 is 0 Å². The van der Waals surface area contributed by atoms with Crippen LogP contribution in [0.5, 0.6) is 5.75 Å². The first-order valence-corrected chi connectivity index (χ1v) is 10.4. The van der Waals surface area contributed by atoms with E-state index in [9.17, 15) is 9.59 Å². The molecule has 0 aliphatic rings. The lowest BCUT2D eigenvalue weighted by Crippen LogP contribution is -2.47. The first-order valence-electron chi connectivity index (χ1n) is 10.4. The van der Waals surface area contributed by atoms with Crippen LogP contribution in [0.2, 0.25) is 0 Å². The molecule has 158 valence electrons. The molecule has 2 N–H and O–H groups in total. The van der Waals surface area contributed by atoms with E-state index in [4.69, 9.17) is 4.74 Å². The van der Waals surface area contributed by atoms with Gasteiger partial charge in [0.2, 0.25) is 5.91 Å². The zero-order valence-corrected chi connectivity index (χ0v) is 17.9. The fraction of sp³-hybridized carbons (Fsp3) is 0.636. The van der Waals surface area contributed by atoms with Crippen LogP contribution < -0.4 is 15.4 Å². The molecule has 0 aliphatic heterocycles. The molecule has 0 saturated heterocycles. The van der Waals surface area contributed by atoms with E-state index in [1.54, 1.807) is 24.3 Å². The highest BCUT2D eigenvalue weighted by atomic mass is 16.5. The Labute approximate surface area is 170 Å². The minimum atomic E-state index is -0.519. The van der Waals surface area contributed by atoms with Crippen molar-refractivity contribution in [3.05, 3.63) is 29.8 Å². The van der Waals surface area contributed by atoms with E-state index < -0.39 is 6.04 Å². The van der Waals surface area contributed by atoms with Gasteiger partial charge in [0, 0.05) is 18.7 Å². The lowest BCUT2D eigenvalue weighted by Gasteiger charge is -2.19. The second-order valence-corrected chi connectivity index (χ2v) is 7.34. The van der Waals surface area contributed by atoms with Gasteiger partial charge in [-0.3, -0.25) is 9.59 Å². The van der Waals surface area contributed by atoms with Gasteiger partial charge in [0.15, 0.2) is 0 Å². The van der Waals surface area contributed by atoms with Gasteiger partial charge in [-0.15, -0.1) is 0 Å². The highest BCUT2D eigenvalue weighted by Crippen LogP contribution is 2.13. The number of rotatable bonds is 14. The van der Waals surface area contributed by atoms with Crippen LogP contribution >= 0.6 is 0 Å². The molecule has 0 radical (unpaired) electrons. The van der Waals surface area contributed by atoms with E-state index in [1.165, 1.54) is 19.3 Å². The summed E-state index contributed by atoms with van der Waals surface area (Å²) in [7, 11) is 3.91. The first-order chi connectivity index (χ1) is 13.5. The van der Waals surface area contributed by atoms with Crippen molar-refractivity contribution in [3.63, 3.8) is 0 Å². The van der Waals surface area contributed by atoms with Crippen molar-refractivity contribution in [1.82, 2.24) is 15.5 Å². The zero-order chi connectivity index (χ0) is 20.8. The standard InChI is InChI=1S/C22H37N3O3/c1-5-7-8-9-17-28-19-13-11-18(12-14-19)21(26)24-20(10-6-2)22(27)23-15-16-25(3)4/h11-14,20H,5-10,15-17H2,1-4H3,(H,23,27)(H,24,26)/t20-/m0/s1. The molecule has 1 rings (SSSR count). The second kappa shape index (κ2) is 14.0. The molecule has 6 nitrogen and oxygen atoms in total. The summed E-state index contributed by atoms with van der Waals surface area (Å²) in [4.78, 5) is 26.9. The van der Waals surface area contributed by atoms with Crippen LogP contribution in [0, 0.1) is 0 Å². The third-order valence-corrected chi connectivity index (χ3v) is 4.44. The molecule has 0 spiro atoms. The topological polar surface area (TPSA) is 70.7 Å². The first kappa shape index (κ1) is 24.0. The van der Waals surface area contributed by atoms with Gasteiger partial charge in [-0.2, -0.15) is 0 Å². The van der Waals surface area contributed by atoms with Gasteiger partial charge in [-0.05, 0) is 51.2 Å². The Morgan fingerprint density at radius 2 is 1.75 bits per heavy atom. The number of hydrogen-bond donors (Lipinski definition) is 2. The number of ether oxygens (including phenoxy) is 1. The molecular formula is C22H37N3O3. The van der Waals surface area contributed by atoms with E-state index in [0.29, 0.717) is 25.1 Å². The van der Waals surface area contributed by atoms with Crippen LogP contribution in [0.4, 0.5) is 0 Å². The van der Waals surface area contributed by atoms with Crippen LogP contribution in [0.1, 0.15) is 62.7 Å². The Morgan fingerprint density at radius 1 is 1.04 bits per heavy atom. The monoisotopic (exact) mass is 391 g/mol. The van der Waals surface area contributed by atoms with Gasteiger partial charge in [-0.25, -0.2) is 0 Å². The maximum atomic E-state index is 12.5. The van der Waals surface area contributed by atoms with E-state index in [2.05, 4.69) is 17.6 Å². The smallest absolute Gasteiger partial charge is 0.251 e. The Balaban J connectivity index is 2.52. The number of hydrogen-bond acceptors (Lipinski definition) is 4. The van der Waals surface area contributed by atoms with Crippen LogP contribution in [0.3, 0.4) is 0 Å². The van der Waals surface area contributed by atoms with Crippen LogP contribution in [-0.4, -0.2) is 56.5 Å². The molecule has 1 atom stereocenters. The van der Waals surface area contributed by atoms with Gasteiger partial charge in [0.1, 0.15) is 11.8 Å². The number of carbonyl (C=O) groups excluding carboxylic acids is 2. The average molecular weight is 392 g/mol. The predicted octanol–water partition coefficient (Wildman–Crippen LogP) is 3.22. The van der Waals surface area contributed by atoms with E-state index in [0.717, 1.165) is 25.1 Å². The molecule has 6 heteroatoms. The molecule has 0 saturated carbocycles. The highest BCUT2D eigenvalue weighted by molar-refractivity contribution is 5.97. The van der Waals surface area contributed by atoms with Gasteiger partial charge in [0.05, 0.1) is 6.61 Å². The van der Waals surface area contributed by atoms with Crippen molar-refractivity contribution in [1.29, 1.82) is 0 Å². The van der Waals surface area contributed by atoms with Gasteiger partial charge in [-0.1, -0.05) is 39.5 Å². The van der Waals surface area contributed by atoms with Crippen molar-refractivity contribution in [2.75, 3.05) is 33.8 Å². The van der Waals surface area contributed by atoms with Crippen LogP contribution in [0.15, 0.2) is 24.3 Å². The minimum Gasteiger partial charge on any atom is -0.494 e. The number of carbonyl (C=O) groups is 2. The number of nitrogens with zero attached hydrogens (tertiary/aromatic N) is 1. The zero-order valence-electron chi connectivity index (χ0n) is 17.9. The summed E-state index contributed by atoms with van der Waals surface area (Å²) in [5.74, 6) is 0.388. The third kappa shape index (κ3) is 9.74. The molecule has 0 aromatic heterocycles. The van der Waals surface area contributed by atoms with Crippen molar-refractivity contribution >= 4 is 11.8 Å². The summed E-state index contributed by atoms with van der Waals surface area (Å²) in [5, 5.41) is 5.74.